The molecule has 0 atom stereocenters. The quantitative estimate of drug-likeness (QED) is 0.452. The molecule has 0 aliphatic heterocycles. The molecule has 0 saturated carbocycles. The van der Waals surface area contributed by atoms with Crippen LogP contribution >= 0.6 is 0 Å². The number of rotatable bonds is 8. The van der Waals surface area contributed by atoms with E-state index in [1.54, 1.807) is 0 Å². The lowest BCUT2D eigenvalue weighted by Crippen LogP contribution is -2.27. The highest BCUT2D eigenvalue weighted by Gasteiger charge is 2.17. The Morgan fingerprint density at radius 1 is 1.07 bits per heavy atom. The standard InChI is InChI=1S/C12H25BO2/c1-6-7-8-9-10-13(14-11(2)3)15-12(4)5/h9-12H,6-8H2,1-5H3/b10-9+. The summed E-state index contributed by atoms with van der Waals surface area (Å²) in [5, 5.41) is 0. The number of unbranched alkanes of at least 4 members (excludes halogenated alkanes) is 2. The van der Waals surface area contributed by atoms with Gasteiger partial charge in [0.05, 0.1) is 0 Å². The van der Waals surface area contributed by atoms with Crippen molar-refractivity contribution in [2.75, 3.05) is 0 Å². The zero-order valence-corrected chi connectivity index (χ0v) is 10.8. The molecule has 0 spiro atoms. The number of allylic oxidation sites excluding steroid dienone is 1. The van der Waals surface area contributed by atoms with Crippen LogP contribution in [0.4, 0.5) is 0 Å². The molecule has 0 rings (SSSR count). The molecule has 0 saturated heterocycles. The molecule has 0 heterocycles. The van der Waals surface area contributed by atoms with Crippen LogP contribution in [0.25, 0.3) is 0 Å². The highest BCUT2D eigenvalue weighted by Crippen LogP contribution is 2.03. The van der Waals surface area contributed by atoms with Gasteiger partial charge in [0.25, 0.3) is 0 Å². The summed E-state index contributed by atoms with van der Waals surface area (Å²) in [5.74, 6) is 2.02. The van der Waals surface area contributed by atoms with E-state index in [0.717, 1.165) is 6.42 Å². The molecule has 0 unspecified atom stereocenters. The predicted molar refractivity (Wildman–Crippen MR) is 66.9 cm³/mol. The van der Waals surface area contributed by atoms with Crippen LogP contribution in [0.5, 0.6) is 0 Å². The Labute approximate surface area is 95.2 Å². The Kier molecular flexibility index (Phi) is 8.82. The molecule has 0 aromatic carbocycles. The van der Waals surface area contributed by atoms with Crippen molar-refractivity contribution in [1.29, 1.82) is 0 Å². The Morgan fingerprint density at radius 2 is 1.60 bits per heavy atom. The first-order chi connectivity index (χ1) is 7.06. The van der Waals surface area contributed by atoms with E-state index in [2.05, 4.69) is 13.0 Å². The van der Waals surface area contributed by atoms with Crippen LogP contribution in [0, 0.1) is 0 Å². The van der Waals surface area contributed by atoms with E-state index in [0.29, 0.717) is 0 Å². The minimum atomic E-state index is -0.193. The van der Waals surface area contributed by atoms with Crippen molar-refractivity contribution >= 4 is 7.12 Å². The third-order valence-corrected chi connectivity index (χ3v) is 1.83. The number of hydrogen-bond acceptors (Lipinski definition) is 2. The van der Waals surface area contributed by atoms with E-state index >= 15 is 0 Å². The van der Waals surface area contributed by atoms with Gasteiger partial charge in [-0.05, 0) is 34.1 Å². The van der Waals surface area contributed by atoms with E-state index in [9.17, 15) is 0 Å². The van der Waals surface area contributed by atoms with Crippen LogP contribution in [-0.4, -0.2) is 19.3 Å². The lowest BCUT2D eigenvalue weighted by atomic mass is 9.88. The molecule has 0 radical (unpaired) electrons. The van der Waals surface area contributed by atoms with Crippen molar-refractivity contribution in [3.05, 3.63) is 12.1 Å². The summed E-state index contributed by atoms with van der Waals surface area (Å²) < 4.78 is 11.3. The lowest BCUT2D eigenvalue weighted by Gasteiger charge is -2.16. The van der Waals surface area contributed by atoms with Crippen LogP contribution in [0.3, 0.4) is 0 Å². The average Bonchev–Trinajstić information content (AvgIpc) is 2.10. The topological polar surface area (TPSA) is 18.5 Å². The monoisotopic (exact) mass is 212 g/mol. The van der Waals surface area contributed by atoms with Gasteiger partial charge in [-0.3, -0.25) is 0 Å². The molecule has 2 nitrogen and oxygen atoms in total. The van der Waals surface area contributed by atoms with Crippen molar-refractivity contribution in [3.8, 4) is 0 Å². The van der Waals surface area contributed by atoms with Gasteiger partial charge in [0, 0.05) is 12.2 Å². The van der Waals surface area contributed by atoms with E-state index in [1.165, 1.54) is 12.8 Å². The predicted octanol–water partition coefficient (Wildman–Crippen LogP) is 3.61. The SMILES string of the molecule is CCCC/C=C/B(OC(C)C)OC(C)C. The van der Waals surface area contributed by atoms with E-state index in [1.807, 2.05) is 33.7 Å². The van der Waals surface area contributed by atoms with Gasteiger partial charge in [0.1, 0.15) is 0 Å². The fraction of sp³-hybridized carbons (Fsp3) is 0.833. The van der Waals surface area contributed by atoms with Crippen molar-refractivity contribution < 1.29 is 9.31 Å². The molecule has 0 aliphatic rings. The summed E-state index contributed by atoms with van der Waals surface area (Å²) in [4.78, 5) is 0. The molecule has 0 aromatic rings. The zero-order valence-electron chi connectivity index (χ0n) is 10.8. The largest absolute Gasteiger partial charge is 0.486 e. The molecule has 0 fully saturated rings. The fourth-order valence-corrected chi connectivity index (χ4v) is 1.19. The summed E-state index contributed by atoms with van der Waals surface area (Å²) >= 11 is 0. The summed E-state index contributed by atoms with van der Waals surface area (Å²) in [6, 6.07) is 0. The molecule has 0 aromatic heterocycles. The smallest absolute Gasteiger partial charge is 0.405 e. The zero-order chi connectivity index (χ0) is 11.7. The second-order valence-corrected chi connectivity index (χ2v) is 4.31. The summed E-state index contributed by atoms with van der Waals surface area (Å²) in [7, 11) is -0.193. The van der Waals surface area contributed by atoms with Crippen molar-refractivity contribution in [3.63, 3.8) is 0 Å². The maximum atomic E-state index is 5.63. The van der Waals surface area contributed by atoms with Gasteiger partial charge in [-0.15, -0.1) is 0 Å². The first kappa shape index (κ1) is 14.7. The van der Waals surface area contributed by atoms with Crippen LogP contribution in [-0.2, 0) is 9.31 Å². The highest BCUT2D eigenvalue weighted by atomic mass is 16.6. The van der Waals surface area contributed by atoms with Gasteiger partial charge in [-0.25, -0.2) is 0 Å². The van der Waals surface area contributed by atoms with Crippen molar-refractivity contribution in [2.45, 2.75) is 66.1 Å². The Balaban J connectivity index is 3.93. The van der Waals surface area contributed by atoms with Gasteiger partial charge in [-0.1, -0.05) is 31.8 Å². The molecule has 0 amide bonds. The Morgan fingerprint density at radius 3 is 2.00 bits per heavy atom. The second kappa shape index (κ2) is 8.99. The van der Waals surface area contributed by atoms with E-state index in [4.69, 9.17) is 9.31 Å². The molecule has 0 bridgehead atoms. The highest BCUT2D eigenvalue weighted by molar-refractivity contribution is 6.50. The second-order valence-electron chi connectivity index (χ2n) is 4.31. The van der Waals surface area contributed by atoms with Gasteiger partial charge in [-0.2, -0.15) is 0 Å². The van der Waals surface area contributed by atoms with Gasteiger partial charge in [0.2, 0.25) is 0 Å². The first-order valence-corrected chi connectivity index (χ1v) is 6.03. The fourth-order valence-electron chi connectivity index (χ4n) is 1.19. The average molecular weight is 212 g/mol. The van der Waals surface area contributed by atoms with Crippen LogP contribution in [0.1, 0.15) is 53.9 Å². The molecule has 88 valence electrons. The van der Waals surface area contributed by atoms with Gasteiger partial charge >= 0.3 is 7.12 Å². The molecule has 3 heteroatoms. The molecular formula is C12H25BO2. The third kappa shape index (κ3) is 10.0. The van der Waals surface area contributed by atoms with E-state index in [-0.39, 0.29) is 19.3 Å². The van der Waals surface area contributed by atoms with Crippen molar-refractivity contribution in [2.24, 2.45) is 0 Å². The molecule has 0 N–H and O–H groups in total. The van der Waals surface area contributed by atoms with Crippen LogP contribution in [0.15, 0.2) is 12.1 Å². The van der Waals surface area contributed by atoms with Crippen LogP contribution in [0.2, 0.25) is 0 Å². The maximum Gasteiger partial charge on any atom is 0.486 e. The lowest BCUT2D eigenvalue weighted by molar-refractivity contribution is 0.138. The first-order valence-electron chi connectivity index (χ1n) is 6.03. The Bertz CT molecular complexity index is 157. The summed E-state index contributed by atoms with van der Waals surface area (Å²) in [6.45, 7) is 10.3. The normalized spacial score (nSPS) is 11.9. The van der Waals surface area contributed by atoms with Crippen LogP contribution < -0.4 is 0 Å². The van der Waals surface area contributed by atoms with E-state index < -0.39 is 0 Å². The summed E-state index contributed by atoms with van der Waals surface area (Å²) in [6.07, 6.45) is 6.11. The minimum absolute atomic E-state index is 0.193. The summed E-state index contributed by atoms with van der Waals surface area (Å²) in [5.41, 5.74) is 0. The van der Waals surface area contributed by atoms with Gasteiger partial charge < -0.3 is 9.31 Å². The number of hydrogen-bond donors (Lipinski definition) is 0. The van der Waals surface area contributed by atoms with Crippen molar-refractivity contribution in [1.82, 2.24) is 0 Å². The Hall–Kier alpha value is -0.275. The van der Waals surface area contributed by atoms with Gasteiger partial charge in [0.15, 0.2) is 0 Å². The molecule has 0 aliphatic carbocycles. The third-order valence-electron chi connectivity index (χ3n) is 1.83. The molecule has 15 heavy (non-hydrogen) atoms. The molecular weight excluding hydrogens is 187 g/mol. The maximum absolute atomic E-state index is 5.63. The minimum Gasteiger partial charge on any atom is -0.405 e.